The topological polar surface area (TPSA) is 79.4 Å². The Kier molecular flexibility index (Phi) is 5.82. The molecule has 0 atom stereocenters. The van der Waals surface area contributed by atoms with Crippen molar-refractivity contribution in [3.05, 3.63) is 11.4 Å². The van der Waals surface area contributed by atoms with E-state index in [2.05, 4.69) is 18.9 Å². The minimum Gasteiger partial charge on any atom is -0.458 e. The number of hydrogen-bond acceptors (Lipinski definition) is 5. The predicted molar refractivity (Wildman–Crippen MR) is 72.9 cm³/mol. The van der Waals surface area contributed by atoms with Gasteiger partial charge in [-0.2, -0.15) is 5.10 Å². The van der Waals surface area contributed by atoms with E-state index in [0.717, 1.165) is 0 Å². The summed E-state index contributed by atoms with van der Waals surface area (Å²) in [4.78, 5) is 11.9. The molecule has 6 heteroatoms. The summed E-state index contributed by atoms with van der Waals surface area (Å²) in [5.74, 6) is 0.0101. The summed E-state index contributed by atoms with van der Waals surface area (Å²) in [6, 6.07) is 0. The van der Waals surface area contributed by atoms with Gasteiger partial charge >= 0.3 is 5.97 Å². The third-order valence-electron chi connectivity index (χ3n) is 2.60. The second kappa shape index (κ2) is 7.13. The van der Waals surface area contributed by atoms with Crippen molar-refractivity contribution < 1.29 is 14.3 Å². The fourth-order valence-corrected chi connectivity index (χ4v) is 1.68. The predicted octanol–water partition coefficient (Wildman–Crippen LogP) is 1.39. The highest BCUT2D eigenvalue weighted by Crippen LogP contribution is 2.17. The first-order chi connectivity index (χ1) is 8.97. The molecule has 1 aromatic rings. The molecule has 0 unspecified atom stereocenters. The van der Waals surface area contributed by atoms with Gasteiger partial charge < -0.3 is 15.2 Å². The first kappa shape index (κ1) is 15.5. The molecule has 0 amide bonds. The van der Waals surface area contributed by atoms with Crippen LogP contribution in [0.2, 0.25) is 0 Å². The van der Waals surface area contributed by atoms with Crippen molar-refractivity contribution in [3.8, 4) is 0 Å². The van der Waals surface area contributed by atoms with Crippen molar-refractivity contribution in [2.24, 2.45) is 13.0 Å². The van der Waals surface area contributed by atoms with E-state index in [0.29, 0.717) is 42.6 Å². The lowest BCUT2D eigenvalue weighted by atomic mass is 10.2. The summed E-state index contributed by atoms with van der Waals surface area (Å²) in [7, 11) is 1.68. The van der Waals surface area contributed by atoms with E-state index in [-0.39, 0.29) is 6.61 Å². The quantitative estimate of drug-likeness (QED) is 0.598. The fraction of sp³-hybridized carbons (Fsp3) is 0.692. The smallest absolute Gasteiger partial charge is 0.358 e. The van der Waals surface area contributed by atoms with Crippen molar-refractivity contribution in [2.75, 3.05) is 25.6 Å². The summed E-state index contributed by atoms with van der Waals surface area (Å²) in [5.41, 5.74) is 7.29. The van der Waals surface area contributed by atoms with Crippen LogP contribution in [0, 0.1) is 5.92 Å². The molecule has 0 radical (unpaired) electrons. The molecule has 108 valence electrons. The molecule has 1 heterocycles. The molecule has 0 spiro atoms. The molecule has 0 aliphatic rings. The SMILES string of the molecule is CCc1nn(C)c(C(=O)OCCOCC(C)C)c1N. The summed E-state index contributed by atoms with van der Waals surface area (Å²) in [6.07, 6.45) is 0.685. The monoisotopic (exact) mass is 269 g/mol. The summed E-state index contributed by atoms with van der Waals surface area (Å²) < 4.78 is 11.9. The standard InChI is InChI=1S/C13H23N3O3/c1-5-10-11(14)12(16(4)15-10)13(17)19-7-6-18-8-9(2)3/h9H,5-8,14H2,1-4H3. The molecule has 19 heavy (non-hydrogen) atoms. The van der Waals surface area contributed by atoms with Crippen LogP contribution in [0.1, 0.15) is 37.0 Å². The van der Waals surface area contributed by atoms with Crippen LogP contribution in [0.4, 0.5) is 5.69 Å². The maximum atomic E-state index is 11.9. The first-order valence-corrected chi connectivity index (χ1v) is 6.53. The second-order valence-corrected chi connectivity index (χ2v) is 4.79. The van der Waals surface area contributed by atoms with Crippen LogP contribution in [0.3, 0.4) is 0 Å². The van der Waals surface area contributed by atoms with Gasteiger partial charge in [0.2, 0.25) is 0 Å². The van der Waals surface area contributed by atoms with E-state index in [1.807, 2.05) is 6.92 Å². The van der Waals surface area contributed by atoms with Crippen molar-refractivity contribution in [1.29, 1.82) is 0 Å². The van der Waals surface area contributed by atoms with Gasteiger partial charge in [0, 0.05) is 13.7 Å². The lowest BCUT2D eigenvalue weighted by molar-refractivity contribution is 0.0269. The van der Waals surface area contributed by atoms with E-state index in [1.165, 1.54) is 4.68 Å². The zero-order valence-electron chi connectivity index (χ0n) is 12.1. The van der Waals surface area contributed by atoms with Crippen molar-refractivity contribution >= 4 is 11.7 Å². The van der Waals surface area contributed by atoms with Gasteiger partial charge in [0.1, 0.15) is 6.61 Å². The average molecular weight is 269 g/mol. The van der Waals surface area contributed by atoms with E-state index < -0.39 is 5.97 Å². The Bertz CT molecular complexity index is 427. The van der Waals surface area contributed by atoms with Gasteiger partial charge in [0.25, 0.3) is 0 Å². The number of ether oxygens (including phenoxy) is 2. The highest BCUT2D eigenvalue weighted by molar-refractivity contribution is 5.93. The highest BCUT2D eigenvalue weighted by Gasteiger charge is 2.20. The third-order valence-corrected chi connectivity index (χ3v) is 2.60. The molecule has 6 nitrogen and oxygen atoms in total. The van der Waals surface area contributed by atoms with Gasteiger partial charge in [0.05, 0.1) is 18.0 Å². The number of anilines is 1. The van der Waals surface area contributed by atoms with Crippen molar-refractivity contribution in [3.63, 3.8) is 0 Å². The van der Waals surface area contributed by atoms with Crippen LogP contribution in [0.25, 0.3) is 0 Å². The molecule has 0 saturated carbocycles. The maximum absolute atomic E-state index is 11.9. The second-order valence-electron chi connectivity index (χ2n) is 4.79. The number of rotatable bonds is 7. The molecule has 0 aliphatic heterocycles. The van der Waals surface area contributed by atoms with Crippen LogP contribution < -0.4 is 5.73 Å². The summed E-state index contributed by atoms with van der Waals surface area (Å²) in [6.45, 7) is 7.34. The molecule has 0 saturated heterocycles. The molecule has 0 aliphatic carbocycles. The molecule has 0 aromatic carbocycles. The molecule has 2 N–H and O–H groups in total. The number of aromatic nitrogens is 2. The van der Waals surface area contributed by atoms with Crippen molar-refractivity contribution in [1.82, 2.24) is 9.78 Å². The normalized spacial score (nSPS) is 11.0. The number of nitrogens with two attached hydrogens (primary N) is 1. The zero-order valence-corrected chi connectivity index (χ0v) is 12.1. The van der Waals surface area contributed by atoms with Crippen LogP contribution in [-0.4, -0.2) is 35.6 Å². The van der Waals surface area contributed by atoms with Gasteiger partial charge in [-0.05, 0) is 12.3 Å². The van der Waals surface area contributed by atoms with Crippen molar-refractivity contribution in [2.45, 2.75) is 27.2 Å². The minimum atomic E-state index is -0.458. The van der Waals surface area contributed by atoms with E-state index >= 15 is 0 Å². The number of carbonyl (C=O) groups is 1. The first-order valence-electron chi connectivity index (χ1n) is 6.53. The molecular weight excluding hydrogens is 246 g/mol. The van der Waals surface area contributed by atoms with Gasteiger partial charge in [0.15, 0.2) is 5.69 Å². The van der Waals surface area contributed by atoms with E-state index in [9.17, 15) is 4.79 Å². The number of aryl methyl sites for hydroxylation is 2. The van der Waals surface area contributed by atoms with Gasteiger partial charge in [-0.3, -0.25) is 4.68 Å². The largest absolute Gasteiger partial charge is 0.458 e. The average Bonchev–Trinajstić information content (AvgIpc) is 2.63. The Morgan fingerprint density at radius 3 is 2.63 bits per heavy atom. The molecule has 1 rings (SSSR count). The highest BCUT2D eigenvalue weighted by atomic mass is 16.6. The van der Waals surface area contributed by atoms with E-state index in [4.69, 9.17) is 15.2 Å². The van der Waals surface area contributed by atoms with Gasteiger partial charge in [-0.1, -0.05) is 20.8 Å². The fourth-order valence-electron chi connectivity index (χ4n) is 1.68. The van der Waals surface area contributed by atoms with Crippen LogP contribution in [0.15, 0.2) is 0 Å². The Morgan fingerprint density at radius 2 is 2.11 bits per heavy atom. The summed E-state index contributed by atoms with van der Waals surface area (Å²) in [5, 5.41) is 4.18. The third kappa shape index (κ3) is 4.24. The number of carbonyl (C=O) groups excluding carboxylic acids is 1. The van der Waals surface area contributed by atoms with Crippen LogP contribution in [-0.2, 0) is 22.9 Å². The molecule has 1 aromatic heterocycles. The maximum Gasteiger partial charge on any atom is 0.358 e. The van der Waals surface area contributed by atoms with Gasteiger partial charge in [-0.25, -0.2) is 4.79 Å². The molecule has 0 bridgehead atoms. The molecular formula is C13H23N3O3. The van der Waals surface area contributed by atoms with Crippen LogP contribution >= 0.6 is 0 Å². The Balaban J connectivity index is 2.48. The summed E-state index contributed by atoms with van der Waals surface area (Å²) >= 11 is 0. The lowest BCUT2D eigenvalue weighted by Crippen LogP contribution is -2.16. The van der Waals surface area contributed by atoms with E-state index in [1.54, 1.807) is 7.05 Å². The number of nitrogens with zero attached hydrogens (tertiary/aromatic N) is 2. The zero-order chi connectivity index (χ0) is 14.4. The number of hydrogen-bond donors (Lipinski definition) is 1. The number of esters is 1. The lowest BCUT2D eigenvalue weighted by Gasteiger charge is -2.08. The van der Waals surface area contributed by atoms with Crippen LogP contribution in [0.5, 0.6) is 0 Å². The Morgan fingerprint density at radius 1 is 1.42 bits per heavy atom. The number of nitrogen functional groups attached to an aromatic ring is 1. The molecule has 0 fully saturated rings. The Hall–Kier alpha value is -1.56. The minimum absolute atomic E-state index is 0.220. The Labute approximate surface area is 113 Å². The van der Waals surface area contributed by atoms with Gasteiger partial charge in [-0.15, -0.1) is 0 Å².